The molecule has 1 aromatic rings. The second-order valence-electron chi connectivity index (χ2n) is 4.12. The van der Waals surface area contributed by atoms with E-state index in [2.05, 4.69) is 27.3 Å². The van der Waals surface area contributed by atoms with Gasteiger partial charge in [-0.3, -0.25) is 0 Å². The van der Waals surface area contributed by atoms with Crippen molar-refractivity contribution in [1.82, 2.24) is 0 Å². The Balaban J connectivity index is 2.73. The molecule has 86 valence electrons. The minimum atomic E-state index is -0.215. The molecule has 0 saturated carbocycles. The van der Waals surface area contributed by atoms with Crippen LogP contribution >= 0.6 is 15.9 Å². The van der Waals surface area contributed by atoms with Gasteiger partial charge in [-0.15, -0.1) is 0 Å². The summed E-state index contributed by atoms with van der Waals surface area (Å²) in [6.07, 6.45) is 0. The van der Waals surface area contributed by atoms with E-state index in [0.29, 0.717) is 12.1 Å². The Kier molecular flexibility index (Phi) is 4.34. The maximum absolute atomic E-state index is 8.74. The van der Waals surface area contributed by atoms with Crippen LogP contribution in [-0.2, 0) is 4.74 Å². The molecule has 0 aliphatic carbocycles. The molecule has 1 N–H and O–H groups in total. The fourth-order valence-corrected chi connectivity index (χ4v) is 1.63. The molecule has 0 aliphatic heterocycles. The van der Waals surface area contributed by atoms with E-state index in [1.54, 1.807) is 19.2 Å². The van der Waals surface area contributed by atoms with Gasteiger partial charge in [0.15, 0.2) is 0 Å². The second kappa shape index (κ2) is 5.33. The van der Waals surface area contributed by atoms with Crippen LogP contribution in [-0.4, -0.2) is 19.3 Å². The largest absolute Gasteiger partial charge is 0.381 e. The summed E-state index contributed by atoms with van der Waals surface area (Å²) in [6, 6.07) is 7.56. The SMILES string of the molecule is COC(C)(C)CNc1ccc(C#N)cc1Br. The summed E-state index contributed by atoms with van der Waals surface area (Å²) >= 11 is 3.42. The number of hydrogen-bond donors (Lipinski definition) is 1. The number of ether oxygens (including phenoxy) is 1. The Morgan fingerprint density at radius 3 is 2.69 bits per heavy atom. The molecule has 3 nitrogen and oxygen atoms in total. The molecule has 0 spiro atoms. The monoisotopic (exact) mass is 282 g/mol. The highest BCUT2D eigenvalue weighted by molar-refractivity contribution is 9.10. The van der Waals surface area contributed by atoms with Crippen molar-refractivity contribution in [2.45, 2.75) is 19.4 Å². The van der Waals surface area contributed by atoms with Gasteiger partial charge in [-0.05, 0) is 48.0 Å². The maximum atomic E-state index is 8.74. The number of rotatable bonds is 4. The van der Waals surface area contributed by atoms with Gasteiger partial charge in [0, 0.05) is 23.8 Å². The summed E-state index contributed by atoms with van der Waals surface area (Å²) in [5, 5.41) is 12.0. The first-order chi connectivity index (χ1) is 7.48. The van der Waals surface area contributed by atoms with Crippen molar-refractivity contribution in [2.24, 2.45) is 0 Å². The zero-order valence-corrected chi connectivity index (χ0v) is 11.3. The van der Waals surface area contributed by atoms with Crippen molar-refractivity contribution in [2.75, 3.05) is 19.0 Å². The molecule has 0 atom stereocenters. The predicted octanol–water partition coefficient (Wildman–Crippen LogP) is 3.16. The number of halogens is 1. The molecule has 0 amide bonds. The Morgan fingerprint density at radius 1 is 1.50 bits per heavy atom. The Hall–Kier alpha value is -1.05. The average molecular weight is 283 g/mol. The molecule has 0 heterocycles. The topological polar surface area (TPSA) is 45.0 Å². The first-order valence-electron chi connectivity index (χ1n) is 4.97. The number of anilines is 1. The van der Waals surface area contributed by atoms with E-state index in [1.807, 2.05) is 19.9 Å². The van der Waals surface area contributed by atoms with E-state index in [9.17, 15) is 0 Å². The second-order valence-corrected chi connectivity index (χ2v) is 4.98. The summed E-state index contributed by atoms with van der Waals surface area (Å²) in [5.74, 6) is 0. The van der Waals surface area contributed by atoms with E-state index < -0.39 is 0 Å². The molecule has 0 radical (unpaired) electrons. The van der Waals surface area contributed by atoms with Gasteiger partial charge >= 0.3 is 0 Å². The van der Waals surface area contributed by atoms with Gasteiger partial charge in [0.2, 0.25) is 0 Å². The molecule has 1 aromatic carbocycles. The van der Waals surface area contributed by atoms with Crippen molar-refractivity contribution >= 4 is 21.6 Å². The zero-order chi connectivity index (χ0) is 12.2. The molecular weight excluding hydrogens is 268 g/mol. The Morgan fingerprint density at radius 2 is 2.19 bits per heavy atom. The highest BCUT2D eigenvalue weighted by atomic mass is 79.9. The highest BCUT2D eigenvalue weighted by Crippen LogP contribution is 2.24. The van der Waals surface area contributed by atoms with Crippen LogP contribution < -0.4 is 5.32 Å². The molecule has 0 fully saturated rings. The van der Waals surface area contributed by atoms with E-state index >= 15 is 0 Å². The van der Waals surface area contributed by atoms with Crippen molar-refractivity contribution in [3.8, 4) is 6.07 Å². The van der Waals surface area contributed by atoms with Crippen LogP contribution in [0.1, 0.15) is 19.4 Å². The van der Waals surface area contributed by atoms with Gasteiger partial charge in [0.25, 0.3) is 0 Å². The van der Waals surface area contributed by atoms with Gasteiger partial charge in [0.1, 0.15) is 0 Å². The Labute approximate surface area is 105 Å². The van der Waals surface area contributed by atoms with Crippen LogP contribution in [0.25, 0.3) is 0 Å². The molecule has 0 bridgehead atoms. The lowest BCUT2D eigenvalue weighted by Gasteiger charge is -2.24. The zero-order valence-electron chi connectivity index (χ0n) is 9.67. The van der Waals surface area contributed by atoms with Gasteiger partial charge < -0.3 is 10.1 Å². The van der Waals surface area contributed by atoms with Gasteiger partial charge in [-0.2, -0.15) is 5.26 Å². The first-order valence-corrected chi connectivity index (χ1v) is 5.76. The molecule has 16 heavy (non-hydrogen) atoms. The summed E-state index contributed by atoms with van der Waals surface area (Å²) in [4.78, 5) is 0. The van der Waals surface area contributed by atoms with E-state index in [4.69, 9.17) is 10.00 Å². The van der Waals surface area contributed by atoms with Crippen molar-refractivity contribution in [3.63, 3.8) is 0 Å². The molecule has 0 unspecified atom stereocenters. The van der Waals surface area contributed by atoms with Crippen LogP contribution in [0.2, 0.25) is 0 Å². The van der Waals surface area contributed by atoms with Crippen molar-refractivity contribution in [3.05, 3.63) is 28.2 Å². The number of methoxy groups -OCH3 is 1. The fraction of sp³-hybridized carbons (Fsp3) is 0.417. The molecule has 4 heteroatoms. The summed E-state index contributed by atoms with van der Waals surface area (Å²) in [6.45, 7) is 4.73. The fourth-order valence-electron chi connectivity index (χ4n) is 1.11. The lowest BCUT2D eigenvalue weighted by molar-refractivity contribution is 0.0344. The van der Waals surface area contributed by atoms with Crippen LogP contribution in [0, 0.1) is 11.3 Å². The Bertz CT molecular complexity index is 410. The van der Waals surface area contributed by atoms with Crippen LogP contribution in [0.4, 0.5) is 5.69 Å². The molecule has 1 rings (SSSR count). The summed E-state index contributed by atoms with van der Waals surface area (Å²) < 4.78 is 6.20. The third-order valence-corrected chi connectivity index (χ3v) is 3.01. The first kappa shape index (κ1) is 13.0. The van der Waals surface area contributed by atoms with Crippen LogP contribution in [0.5, 0.6) is 0 Å². The van der Waals surface area contributed by atoms with Crippen LogP contribution in [0.3, 0.4) is 0 Å². The normalized spacial score (nSPS) is 10.9. The quantitative estimate of drug-likeness (QED) is 0.923. The molecular formula is C12H15BrN2O. The lowest BCUT2D eigenvalue weighted by atomic mass is 10.1. The van der Waals surface area contributed by atoms with Gasteiger partial charge in [-0.1, -0.05) is 0 Å². The molecule has 0 aliphatic rings. The van der Waals surface area contributed by atoms with Gasteiger partial charge in [-0.25, -0.2) is 0 Å². The molecule has 0 aromatic heterocycles. The van der Waals surface area contributed by atoms with E-state index in [0.717, 1.165) is 10.2 Å². The number of benzene rings is 1. The van der Waals surface area contributed by atoms with Crippen molar-refractivity contribution < 1.29 is 4.74 Å². The molecule has 0 saturated heterocycles. The third-order valence-electron chi connectivity index (χ3n) is 2.36. The number of hydrogen-bond acceptors (Lipinski definition) is 3. The minimum Gasteiger partial charge on any atom is -0.381 e. The van der Waals surface area contributed by atoms with E-state index in [-0.39, 0.29) is 5.60 Å². The number of nitrogens with one attached hydrogen (secondary N) is 1. The third kappa shape index (κ3) is 3.51. The summed E-state index contributed by atoms with van der Waals surface area (Å²) in [5.41, 5.74) is 1.39. The van der Waals surface area contributed by atoms with E-state index in [1.165, 1.54) is 0 Å². The predicted molar refractivity (Wildman–Crippen MR) is 68.4 cm³/mol. The van der Waals surface area contributed by atoms with Gasteiger partial charge in [0.05, 0.1) is 17.2 Å². The summed E-state index contributed by atoms with van der Waals surface area (Å²) in [7, 11) is 1.69. The minimum absolute atomic E-state index is 0.215. The number of nitrogens with zero attached hydrogens (tertiary/aromatic N) is 1. The van der Waals surface area contributed by atoms with Crippen LogP contribution in [0.15, 0.2) is 22.7 Å². The lowest BCUT2D eigenvalue weighted by Crippen LogP contribution is -2.32. The van der Waals surface area contributed by atoms with Crippen molar-refractivity contribution in [1.29, 1.82) is 5.26 Å². The average Bonchev–Trinajstić information content (AvgIpc) is 2.27. The standard InChI is InChI=1S/C12H15BrN2O/c1-12(2,16-3)8-15-11-5-4-9(7-14)6-10(11)13/h4-6,15H,8H2,1-3H3. The maximum Gasteiger partial charge on any atom is 0.0992 e. The smallest absolute Gasteiger partial charge is 0.0992 e. The highest BCUT2D eigenvalue weighted by Gasteiger charge is 2.16. The number of nitriles is 1.